The van der Waals surface area contributed by atoms with Gasteiger partial charge in [-0.05, 0) is 6.42 Å². The Kier molecular flexibility index (Phi) is 10.5. The van der Waals surface area contributed by atoms with Crippen LogP contribution in [0, 0.1) is 0 Å². The molecule has 3 aromatic heterocycles. The van der Waals surface area contributed by atoms with Crippen LogP contribution in [0.1, 0.15) is 29.9 Å². The molecule has 0 aliphatic rings. The highest BCUT2D eigenvalue weighted by atomic mass is 16.4. The van der Waals surface area contributed by atoms with E-state index in [0.717, 1.165) is 0 Å². The summed E-state index contributed by atoms with van der Waals surface area (Å²) in [4.78, 5) is 82.3. The van der Waals surface area contributed by atoms with Crippen molar-refractivity contribution in [3.63, 3.8) is 0 Å². The molecule has 214 valence electrons. The van der Waals surface area contributed by atoms with Gasteiger partial charge in [0, 0.05) is 44.3 Å². The lowest BCUT2D eigenvalue weighted by Crippen LogP contribution is -2.58. The van der Waals surface area contributed by atoms with Gasteiger partial charge in [0.05, 0.1) is 42.1 Å². The number of nitrogens with two attached hydrogens (primary N) is 1. The molecule has 0 radical (unpaired) electrons. The van der Waals surface area contributed by atoms with Gasteiger partial charge in [0.1, 0.15) is 18.1 Å². The van der Waals surface area contributed by atoms with Gasteiger partial charge < -0.3 is 46.8 Å². The molecule has 3 rings (SSSR count). The third kappa shape index (κ3) is 9.05. The molecular formula is C23H30N10O7. The van der Waals surface area contributed by atoms with Crippen LogP contribution in [0.3, 0.4) is 0 Å². The van der Waals surface area contributed by atoms with Crippen LogP contribution in [0.15, 0.2) is 37.6 Å². The maximum atomic E-state index is 13.2. The Hall–Kier alpha value is -5.06. The van der Waals surface area contributed by atoms with Crippen molar-refractivity contribution in [2.45, 2.75) is 56.3 Å². The van der Waals surface area contributed by atoms with Crippen molar-refractivity contribution in [2.24, 2.45) is 5.73 Å². The van der Waals surface area contributed by atoms with Gasteiger partial charge >= 0.3 is 11.9 Å². The molecule has 4 atom stereocenters. The van der Waals surface area contributed by atoms with E-state index in [1.165, 1.54) is 31.4 Å². The Morgan fingerprint density at radius 1 is 0.700 bits per heavy atom. The fraction of sp³-hybridized carbons (Fsp3) is 0.391. The molecule has 40 heavy (non-hydrogen) atoms. The maximum Gasteiger partial charge on any atom is 0.326 e. The quantitative estimate of drug-likeness (QED) is 0.0894. The second kappa shape index (κ2) is 14.2. The summed E-state index contributed by atoms with van der Waals surface area (Å²) in [6, 6.07) is -5.14. The number of H-pyrrole nitrogens is 3. The second-order valence-corrected chi connectivity index (χ2v) is 8.85. The SMILES string of the molecule is N[C@@H](Cc1c[nH]cn1)C(=O)N[C@@H](CCC(=O)O)C(=O)N[C@@H](Cc1c[nH]cn1)C(=O)N[C@@H](Cc1c[nH]cn1)C(=O)O. The zero-order valence-electron chi connectivity index (χ0n) is 21.2. The molecule has 0 aliphatic carbocycles. The summed E-state index contributed by atoms with van der Waals surface area (Å²) in [5.41, 5.74) is 7.22. The molecule has 0 bridgehead atoms. The number of carboxylic acid groups (broad SMARTS) is 2. The summed E-state index contributed by atoms with van der Waals surface area (Å²) in [7, 11) is 0. The maximum absolute atomic E-state index is 13.2. The molecule has 0 spiro atoms. The molecule has 3 heterocycles. The summed E-state index contributed by atoms with van der Waals surface area (Å²) in [5, 5.41) is 26.1. The molecule has 0 saturated carbocycles. The van der Waals surface area contributed by atoms with E-state index in [2.05, 4.69) is 45.9 Å². The number of rotatable bonds is 16. The predicted octanol–water partition coefficient (Wildman–Crippen LogP) is -2.39. The molecule has 17 heteroatoms. The number of aromatic nitrogens is 6. The van der Waals surface area contributed by atoms with E-state index >= 15 is 0 Å². The number of imidazole rings is 3. The number of nitrogens with one attached hydrogen (secondary N) is 6. The molecular weight excluding hydrogens is 528 g/mol. The number of carboxylic acids is 2. The van der Waals surface area contributed by atoms with Crippen molar-refractivity contribution in [3.05, 3.63) is 54.7 Å². The van der Waals surface area contributed by atoms with Crippen molar-refractivity contribution in [3.8, 4) is 0 Å². The number of aromatic amines is 3. The third-order valence-electron chi connectivity index (χ3n) is 5.78. The summed E-state index contributed by atoms with van der Waals surface area (Å²) in [6.07, 6.45) is 7.70. The monoisotopic (exact) mass is 558 g/mol. The first-order chi connectivity index (χ1) is 19.1. The predicted molar refractivity (Wildman–Crippen MR) is 135 cm³/mol. The van der Waals surface area contributed by atoms with Crippen LogP contribution < -0.4 is 21.7 Å². The van der Waals surface area contributed by atoms with Gasteiger partial charge in [-0.1, -0.05) is 0 Å². The van der Waals surface area contributed by atoms with Gasteiger partial charge in [0.15, 0.2) is 0 Å². The zero-order valence-corrected chi connectivity index (χ0v) is 21.2. The van der Waals surface area contributed by atoms with E-state index in [4.69, 9.17) is 10.8 Å². The van der Waals surface area contributed by atoms with E-state index in [0.29, 0.717) is 17.1 Å². The number of aliphatic carboxylic acids is 2. The summed E-state index contributed by atoms with van der Waals surface area (Å²) < 4.78 is 0. The number of amides is 3. The lowest BCUT2D eigenvalue weighted by atomic mass is 10.1. The number of carbonyl (C=O) groups is 5. The molecule has 0 unspecified atom stereocenters. The fourth-order valence-corrected chi connectivity index (χ4v) is 3.71. The molecule has 3 amide bonds. The topological polar surface area (TPSA) is 274 Å². The van der Waals surface area contributed by atoms with E-state index in [1.54, 1.807) is 6.20 Å². The lowest BCUT2D eigenvalue weighted by Gasteiger charge is -2.24. The van der Waals surface area contributed by atoms with Crippen LogP contribution in [-0.4, -0.2) is 93.9 Å². The van der Waals surface area contributed by atoms with E-state index in [9.17, 15) is 29.1 Å². The van der Waals surface area contributed by atoms with Gasteiger partial charge in [-0.25, -0.2) is 19.7 Å². The van der Waals surface area contributed by atoms with Gasteiger partial charge in [-0.3, -0.25) is 19.2 Å². The van der Waals surface area contributed by atoms with Crippen LogP contribution >= 0.6 is 0 Å². The van der Waals surface area contributed by atoms with Gasteiger partial charge in [-0.2, -0.15) is 0 Å². The van der Waals surface area contributed by atoms with Crippen molar-refractivity contribution < 1.29 is 34.2 Å². The van der Waals surface area contributed by atoms with Gasteiger partial charge in [-0.15, -0.1) is 0 Å². The average Bonchev–Trinajstić information content (AvgIpc) is 3.70. The molecule has 10 N–H and O–H groups in total. The first kappa shape index (κ1) is 29.5. The Morgan fingerprint density at radius 2 is 1.15 bits per heavy atom. The Bertz CT molecular complexity index is 1260. The van der Waals surface area contributed by atoms with E-state index < -0.39 is 60.2 Å². The minimum atomic E-state index is -1.36. The third-order valence-corrected chi connectivity index (χ3v) is 5.78. The number of hydrogen-bond acceptors (Lipinski definition) is 9. The fourth-order valence-electron chi connectivity index (χ4n) is 3.71. The molecule has 3 aromatic rings. The largest absolute Gasteiger partial charge is 0.481 e. The molecule has 17 nitrogen and oxygen atoms in total. The molecule has 0 aromatic carbocycles. The Balaban J connectivity index is 1.73. The van der Waals surface area contributed by atoms with Crippen molar-refractivity contribution in [1.29, 1.82) is 0 Å². The van der Waals surface area contributed by atoms with Crippen LogP contribution in [0.2, 0.25) is 0 Å². The zero-order chi connectivity index (χ0) is 29.1. The second-order valence-electron chi connectivity index (χ2n) is 8.85. The first-order valence-electron chi connectivity index (χ1n) is 12.2. The first-order valence-corrected chi connectivity index (χ1v) is 12.2. The highest BCUT2D eigenvalue weighted by Crippen LogP contribution is 2.06. The van der Waals surface area contributed by atoms with E-state index in [1.807, 2.05) is 0 Å². The van der Waals surface area contributed by atoms with Gasteiger partial charge in [0.2, 0.25) is 17.7 Å². The minimum absolute atomic E-state index is 0.0549. The molecule has 0 saturated heterocycles. The molecule has 0 aliphatic heterocycles. The van der Waals surface area contributed by atoms with Crippen molar-refractivity contribution in [1.82, 2.24) is 45.9 Å². The lowest BCUT2D eigenvalue weighted by molar-refractivity contribution is -0.142. The van der Waals surface area contributed by atoms with Crippen LogP contribution in [0.5, 0.6) is 0 Å². The molecule has 0 fully saturated rings. The minimum Gasteiger partial charge on any atom is -0.481 e. The standard InChI is InChI=1S/C23H30N10O7/c24-15(3-12-6-25-9-28-12)20(36)31-16(1-2-19(34)35)21(37)32-17(4-13-7-26-10-29-13)22(38)33-18(23(39)40)5-14-8-27-11-30-14/h6-11,15-18H,1-5,24H2,(H,25,28)(H,26,29)(H,27,30)(H,31,36)(H,32,37)(H,33,38)(H,34,35)(H,39,40)/t15-,16-,17-,18-/m0/s1. The number of nitrogens with zero attached hydrogens (tertiary/aromatic N) is 3. The van der Waals surface area contributed by atoms with Crippen LogP contribution in [0.25, 0.3) is 0 Å². The summed E-state index contributed by atoms with van der Waals surface area (Å²) in [5.74, 6) is -4.96. The van der Waals surface area contributed by atoms with Crippen LogP contribution in [-0.2, 0) is 43.2 Å². The summed E-state index contributed by atoms with van der Waals surface area (Å²) >= 11 is 0. The Morgan fingerprint density at radius 3 is 1.62 bits per heavy atom. The Labute approximate surface area is 226 Å². The van der Waals surface area contributed by atoms with Crippen molar-refractivity contribution >= 4 is 29.7 Å². The van der Waals surface area contributed by atoms with Crippen LogP contribution in [0.4, 0.5) is 0 Å². The smallest absolute Gasteiger partial charge is 0.326 e. The average molecular weight is 559 g/mol. The highest BCUT2D eigenvalue weighted by Gasteiger charge is 2.31. The highest BCUT2D eigenvalue weighted by molar-refractivity contribution is 5.94. The number of carbonyl (C=O) groups excluding carboxylic acids is 3. The van der Waals surface area contributed by atoms with Gasteiger partial charge in [0.25, 0.3) is 0 Å². The van der Waals surface area contributed by atoms with Crippen molar-refractivity contribution in [2.75, 3.05) is 0 Å². The number of hydrogen-bond donors (Lipinski definition) is 9. The summed E-state index contributed by atoms with van der Waals surface area (Å²) in [6.45, 7) is 0. The normalized spacial score (nSPS) is 13.9. The van der Waals surface area contributed by atoms with E-state index in [-0.39, 0.29) is 25.7 Å².